The number of hydrogen-bond acceptors (Lipinski definition) is 4. The van der Waals surface area contributed by atoms with Gasteiger partial charge in [-0.15, -0.1) is 0 Å². The summed E-state index contributed by atoms with van der Waals surface area (Å²) in [5, 5.41) is 0.370. The molecule has 0 aromatic rings. The second kappa shape index (κ2) is 11.6. The third-order valence-corrected chi connectivity index (χ3v) is 22.0. The Morgan fingerprint density at radius 1 is 0.875 bits per heavy atom. The fourth-order valence-electron chi connectivity index (χ4n) is 7.76. The highest BCUT2D eigenvalue weighted by atomic mass is 28.4. The van der Waals surface area contributed by atoms with Crippen molar-refractivity contribution in [2.24, 2.45) is 34.5 Å². The van der Waals surface area contributed by atoms with Crippen molar-refractivity contribution in [1.82, 2.24) is 0 Å². The average molecular weight is 593 g/mol. The van der Waals surface area contributed by atoms with Gasteiger partial charge in [0, 0.05) is 20.1 Å². The van der Waals surface area contributed by atoms with E-state index >= 15 is 0 Å². The summed E-state index contributed by atoms with van der Waals surface area (Å²) >= 11 is 0. The van der Waals surface area contributed by atoms with Gasteiger partial charge in [0.2, 0.25) is 0 Å². The van der Waals surface area contributed by atoms with Crippen LogP contribution in [-0.4, -0.2) is 41.9 Å². The second-order valence-electron chi connectivity index (χ2n) is 17.3. The Kier molecular flexibility index (Phi) is 9.86. The van der Waals surface area contributed by atoms with Crippen LogP contribution in [0.4, 0.5) is 0 Å². The number of fused-ring (bicyclic) bond motifs is 1. The lowest BCUT2D eigenvalue weighted by molar-refractivity contribution is -0.155. The lowest BCUT2D eigenvalue weighted by atomic mass is 9.49. The molecule has 0 bridgehead atoms. The molecule has 0 N–H and O–H groups in total. The minimum atomic E-state index is -1.91. The van der Waals surface area contributed by atoms with E-state index in [1.54, 1.807) is 6.92 Å². The third kappa shape index (κ3) is 6.70. The Morgan fingerprint density at radius 3 is 1.95 bits per heavy atom. The zero-order valence-electron chi connectivity index (χ0n) is 28.6. The maximum absolute atomic E-state index is 12.0. The lowest BCUT2D eigenvalue weighted by Gasteiger charge is -2.57. The second-order valence-corrected chi connectivity index (χ2v) is 26.9. The van der Waals surface area contributed by atoms with Crippen molar-refractivity contribution >= 4 is 22.6 Å². The normalized spacial score (nSPS) is 35.9. The van der Waals surface area contributed by atoms with E-state index in [1.165, 1.54) is 24.8 Å². The van der Waals surface area contributed by atoms with Gasteiger partial charge in [-0.3, -0.25) is 4.79 Å². The summed E-state index contributed by atoms with van der Waals surface area (Å²) in [5.41, 5.74) is 1.83. The molecule has 3 aliphatic rings. The van der Waals surface area contributed by atoms with Crippen LogP contribution in [0.1, 0.15) is 107 Å². The van der Waals surface area contributed by atoms with Crippen LogP contribution >= 0.6 is 0 Å². The first-order valence-corrected chi connectivity index (χ1v) is 22.0. The van der Waals surface area contributed by atoms with Gasteiger partial charge in [-0.25, -0.2) is 0 Å². The molecule has 0 amide bonds. The lowest BCUT2D eigenvalue weighted by Crippen LogP contribution is -2.54. The van der Waals surface area contributed by atoms with Gasteiger partial charge in [-0.2, -0.15) is 0 Å². The topological polar surface area (TPSA) is 44.8 Å². The predicted octanol–water partition coefficient (Wildman–Crippen LogP) is 9.77. The molecule has 4 nitrogen and oxygen atoms in total. The van der Waals surface area contributed by atoms with Crippen LogP contribution in [0.2, 0.25) is 36.3 Å². The molecule has 0 aromatic heterocycles. The van der Waals surface area contributed by atoms with Crippen molar-refractivity contribution in [2.45, 2.75) is 150 Å². The number of esters is 1. The molecule has 0 aliphatic heterocycles. The monoisotopic (exact) mass is 592 g/mol. The molecule has 3 rings (SSSR count). The minimum Gasteiger partial charge on any atom is -0.463 e. The maximum atomic E-state index is 12.0. The summed E-state index contributed by atoms with van der Waals surface area (Å²) in [5.74, 6) is 1.95. The van der Waals surface area contributed by atoms with E-state index in [1.807, 2.05) is 0 Å². The van der Waals surface area contributed by atoms with E-state index in [2.05, 4.69) is 88.2 Å². The van der Waals surface area contributed by atoms with Gasteiger partial charge in [0.25, 0.3) is 0 Å². The van der Waals surface area contributed by atoms with E-state index in [0.717, 1.165) is 38.9 Å². The Balaban J connectivity index is 1.97. The van der Waals surface area contributed by atoms with Crippen LogP contribution in [-0.2, 0) is 18.4 Å². The van der Waals surface area contributed by atoms with Crippen molar-refractivity contribution in [3.05, 3.63) is 12.2 Å². The summed E-state index contributed by atoms with van der Waals surface area (Å²) in [6.45, 7) is 36.4. The van der Waals surface area contributed by atoms with Crippen LogP contribution in [0.5, 0.6) is 0 Å². The van der Waals surface area contributed by atoms with Gasteiger partial charge in [0.1, 0.15) is 6.10 Å². The van der Waals surface area contributed by atoms with Crippen molar-refractivity contribution in [1.29, 1.82) is 0 Å². The maximum Gasteiger partial charge on any atom is 0.302 e. The van der Waals surface area contributed by atoms with Gasteiger partial charge in [0.15, 0.2) is 16.6 Å². The molecular weight excluding hydrogens is 529 g/mol. The Hall–Kier alpha value is -0.436. The smallest absolute Gasteiger partial charge is 0.302 e. The first-order valence-electron chi connectivity index (χ1n) is 16.2. The summed E-state index contributed by atoms with van der Waals surface area (Å²) in [6.07, 6.45) is 7.81. The van der Waals surface area contributed by atoms with Crippen LogP contribution in [0.3, 0.4) is 0 Å². The zero-order valence-corrected chi connectivity index (χ0v) is 30.6. The largest absolute Gasteiger partial charge is 0.463 e. The number of carbonyl (C=O) groups is 1. The fraction of sp³-hybridized carbons (Fsp3) is 0.912. The minimum absolute atomic E-state index is 0.000590. The zero-order chi connectivity index (χ0) is 30.5. The fourth-order valence-corrected chi connectivity index (χ4v) is 9.85. The third-order valence-electron chi connectivity index (χ3n) is 13.0. The SMILES string of the molecule is C=C1CC[C@H]2[C@H](CO[Si](C)(C)C(C)(C)C)[C@@H]([C@@]3(C)CC[C@H](OC(C)=O)C[C@@H]3CO[Si](C)(C)C(C)(C)C)CC[C@]12C. The van der Waals surface area contributed by atoms with Gasteiger partial charge in [0.05, 0.1) is 0 Å². The summed E-state index contributed by atoms with van der Waals surface area (Å²) in [6, 6.07) is 0. The van der Waals surface area contributed by atoms with Crippen molar-refractivity contribution in [2.75, 3.05) is 13.2 Å². The molecule has 0 spiro atoms. The molecule has 0 heterocycles. The molecule has 7 atom stereocenters. The molecule has 0 aromatic carbocycles. The van der Waals surface area contributed by atoms with E-state index in [0.29, 0.717) is 23.7 Å². The molecule has 40 heavy (non-hydrogen) atoms. The molecule has 3 fully saturated rings. The predicted molar refractivity (Wildman–Crippen MR) is 173 cm³/mol. The number of hydrogen-bond donors (Lipinski definition) is 0. The highest BCUT2D eigenvalue weighted by Gasteiger charge is 2.58. The van der Waals surface area contributed by atoms with Crippen molar-refractivity contribution in [3.63, 3.8) is 0 Å². The van der Waals surface area contributed by atoms with E-state index in [-0.39, 0.29) is 33.0 Å². The summed E-state index contributed by atoms with van der Waals surface area (Å²) in [7, 11) is -3.80. The van der Waals surface area contributed by atoms with Crippen LogP contribution in [0.25, 0.3) is 0 Å². The molecule has 3 saturated carbocycles. The Morgan fingerprint density at radius 2 is 1.43 bits per heavy atom. The van der Waals surface area contributed by atoms with E-state index in [4.69, 9.17) is 13.6 Å². The molecule has 0 radical (unpaired) electrons. The van der Waals surface area contributed by atoms with Gasteiger partial charge < -0.3 is 13.6 Å². The van der Waals surface area contributed by atoms with Crippen LogP contribution in [0.15, 0.2) is 12.2 Å². The first-order chi connectivity index (χ1) is 18.1. The molecule has 3 aliphatic carbocycles. The average Bonchev–Trinajstić information content (AvgIpc) is 3.10. The highest BCUT2D eigenvalue weighted by molar-refractivity contribution is 6.74. The van der Waals surface area contributed by atoms with E-state index < -0.39 is 16.6 Å². The summed E-state index contributed by atoms with van der Waals surface area (Å²) < 4.78 is 19.9. The number of carbonyl (C=O) groups excluding carboxylic acids is 1. The quantitative estimate of drug-likeness (QED) is 0.160. The van der Waals surface area contributed by atoms with Gasteiger partial charge in [-0.05, 0) is 116 Å². The molecule has 0 saturated heterocycles. The van der Waals surface area contributed by atoms with Crippen molar-refractivity contribution in [3.8, 4) is 0 Å². The van der Waals surface area contributed by atoms with E-state index in [9.17, 15) is 4.79 Å². The van der Waals surface area contributed by atoms with Gasteiger partial charge in [-0.1, -0.05) is 67.5 Å². The molecular formula is C34H64O4Si2. The number of allylic oxidation sites excluding steroid dienone is 1. The Labute approximate surface area is 250 Å². The summed E-state index contributed by atoms with van der Waals surface area (Å²) in [4.78, 5) is 12.0. The van der Waals surface area contributed by atoms with Crippen LogP contribution < -0.4 is 0 Å². The highest BCUT2D eigenvalue weighted by Crippen LogP contribution is 2.64. The molecule has 6 heteroatoms. The number of rotatable bonds is 8. The van der Waals surface area contributed by atoms with Crippen LogP contribution in [0, 0.1) is 34.5 Å². The molecule has 0 unspecified atom stereocenters. The molecule has 232 valence electrons. The number of ether oxygens (including phenoxy) is 1. The standard InChI is InChI=1S/C34H64O4Si2/c1-24-15-16-29-28(23-37-40(13,14)32(6,7)8)30(18-20-33(24,29)9)34(10)19-17-27(38-25(2)35)21-26(34)22-36-39(11,12)31(3,4)5/h26-30H,1,15-23H2,2-14H3/t26-,27+,28+,29+,30+,33-,34+/m1/s1. The Bertz CT molecular complexity index is 929. The van der Waals surface area contributed by atoms with Crippen molar-refractivity contribution < 1.29 is 18.4 Å². The van der Waals surface area contributed by atoms with Gasteiger partial charge >= 0.3 is 5.97 Å². The first kappa shape index (κ1) is 34.1.